The Hall–Kier alpha value is -4.04. The van der Waals surface area contributed by atoms with Gasteiger partial charge in [-0.2, -0.15) is 0 Å². The molecule has 37 heavy (non-hydrogen) atoms. The van der Waals surface area contributed by atoms with Crippen LogP contribution in [0.3, 0.4) is 0 Å². The second-order valence-electron chi connectivity index (χ2n) is 8.41. The van der Waals surface area contributed by atoms with E-state index in [-0.39, 0.29) is 18.4 Å². The monoisotopic (exact) mass is 515 g/mol. The van der Waals surface area contributed by atoms with Crippen molar-refractivity contribution < 1.29 is 19.1 Å². The van der Waals surface area contributed by atoms with Crippen molar-refractivity contribution in [3.05, 3.63) is 88.3 Å². The molecule has 1 saturated heterocycles. The molecule has 0 aromatic heterocycles. The average Bonchev–Trinajstić information content (AvgIpc) is 3.19. The summed E-state index contributed by atoms with van der Waals surface area (Å²) in [4.78, 5) is 32.4. The van der Waals surface area contributed by atoms with Crippen LogP contribution in [-0.4, -0.2) is 42.1 Å². The molecule has 0 aliphatic carbocycles. The van der Waals surface area contributed by atoms with Crippen molar-refractivity contribution in [1.29, 1.82) is 0 Å². The molecule has 0 atom stereocenters. The molecule has 1 heterocycles. The second-order valence-corrected chi connectivity index (χ2v) is 9.42. The molecule has 1 N–H and O–H groups in total. The molecule has 0 spiro atoms. The number of ether oxygens (including phenoxy) is 2. The van der Waals surface area contributed by atoms with Gasteiger partial charge in [0, 0.05) is 12.2 Å². The van der Waals surface area contributed by atoms with Gasteiger partial charge < -0.3 is 14.8 Å². The van der Waals surface area contributed by atoms with Crippen molar-refractivity contribution in [2.75, 3.05) is 25.6 Å². The van der Waals surface area contributed by atoms with Gasteiger partial charge in [-0.05, 0) is 79.6 Å². The average molecular weight is 516 g/mol. The number of hydrogen-bond acceptors (Lipinski definition) is 6. The number of amides is 2. The lowest BCUT2D eigenvalue weighted by Gasteiger charge is -2.13. The number of hydrogen-bond donors (Lipinski definition) is 1. The fourth-order valence-corrected chi connectivity index (χ4v) is 4.90. The van der Waals surface area contributed by atoms with Crippen molar-refractivity contribution in [2.45, 2.75) is 20.8 Å². The molecule has 0 unspecified atom stereocenters. The highest BCUT2D eigenvalue weighted by Gasteiger charge is 2.32. The number of nitrogens with zero attached hydrogens (tertiary/aromatic N) is 2. The zero-order valence-corrected chi connectivity index (χ0v) is 22.1. The molecule has 0 saturated carbocycles. The Morgan fingerprint density at radius 3 is 2.43 bits per heavy atom. The standard InChI is InChI=1S/C29H29N3O4S/c1-5-32-28(34)25(37-29(32)31-27-19(2)10-9-11-20(27)3)17-21-14-15-23(24(16-21)35-4)36-18-26(33)30-22-12-7-6-8-13-22/h6-17H,5,18H2,1-4H3,(H,30,33)/b25-17+,31-29?. The first-order chi connectivity index (χ1) is 17.9. The van der Waals surface area contributed by atoms with Gasteiger partial charge in [0.2, 0.25) is 0 Å². The SMILES string of the molecule is CCN1C(=O)/C(=C\c2ccc(OCC(=O)Nc3ccccc3)c(OC)c2)SC1=Nc1c(C)cccc1C. The normalized spacial score (nSPS) is 15.4. The number of nitrogens with one attached hydrogen (secondary N) is 1. The molecule has 7 nitrogen and oxygen atoms in total. The summed E-state index contributed by atoms with van der Waals surface area (Å²) in [5, 5.41) is 3.44. The van der Waals surface area contributed by atoms with Gasteiger partial charge in [0.1, 0.15) is 0 Å². The lowest BCUT2D eigenvalue weighted by Crippen LogP contribution is -2.28. The van der Waals surface area contributed by atoms with Gasteiger partial charge in [-0.15, -0.1) is 0 Å². The van der Waals surface area contributed by atoms with Crippen LogP contribution in [-0.2, 0) is 9.59 Å². The number of benzene rings is 3. The van der Waals surface area contributed by atoms with E-state index in [4.69, 9.17) is 14.5 Å². The Bertz CT molecular complexity index is 1350. The van der Waals surface area contributed by atoms with E-state index in [1.54, 1.807) is 29.2 Å². The minimum Gasteiger partial charge on any atom is -0.493 e. The topological polar surface area (TPSA) is 80.2 Å². The number of thioether (sulfide) groups is 1. The van der Waals surface area contributed by atoms with Gasteiger partial charge in [-0.1, -0.05) is 42.5 Å². The summed E-state index contributed by atoms with van der Waals surface area (Å²) in [6.45, 7) is 6.33. The van der Waals surface area contributed by atoms with Crippen molar-refractivity contribution in [3.63, 3.8) is 0 Å². The van der Waals surface area contributed by atoms with E-state index < -0.39 is 0 Å². The van der Waals surface area contributed by atoms with Crippen LogP contribution in [0.15, 0.2) is 76.6 Å². The van der Waals surface area contributed by atoms with Crippen molar-refractivity contribution in [1.82, 2.24) is 4.90 Å². The zero-order valence-electron chi connectivity index (χ0n) is 21.3. The maximum Gasteiger partial charge on any atom is 0.266 e. The van der Waals surface area contributed by atoms with Crippen molar-refractivity contribution in [2.24, 2.45) is 4.99 Å². The zero-order chi connectivity index (χ0) is 26.4. The summed E-state index contributed by atoms with van der Waals surface area (Å²) in [6, 6.07) is 20.6. The van der Waals surface area contributed by atoms with E-state index in [1.807, 2.05) is 69.3 Å². The number of aryl methyl sites for hydroxylation is 2. The van der Waals surface area contributed by atoms with Crippen molar-refractivity contribution >= 4 is 46.2 Å². The minimum atomic E-state index is -0.275. The Morgan fingerprint density at radius 2 is 1.76 bits per heavy atom. The first kappa shape index (κ1) is 26.0. The molecule has 0 radical (unpaired) electrons. The van der Waals surface area contributed by atoms with Crippen LogP contribution in [0.25, 0.3) is 6.08 Å². The van der Waals surface area contributed by atoms with Crippen molar-refractivity contribution in [3.8, 4) is 11.5 Å². The molecule has 4 rings (SSSR count). The Balaban J connectivity index is 1.50. The molecule has 2 amide bonds. The number of aliphatic imine (C=N–C) groups is 1. The third-order valence-corrected chi connectivity index (χ3v) is 6.76. The molecule has 8 heteroatoms. The number of methoxy groups -OCH3 is 1. The number of carbonyl (C=O) groups is 2. The summed E-state index contributed by atoms with van der Waals surface area (Å²) in [6.07, 6.45) is 1.82. The summed E-state index contributed by atoms with van der Waals surface area (Å²) < 4.78 is 11.2. The molecular formula is C29H29N3O4S. The van der Waals surface area contributed by atoms with Crippen LogP contribution in [0.2, 0.25) is 0 Å². The molecular weight excluding hydrogens is 486 g/mol. The Labute approximate surface area is 221 Å². The van der Waals surface area contributed by atoms with Crippen LogP contribution in [0, 0.1) is 13.8 Å². The van der Waals surface area contributed by atoms with Crippen LogP contribution in [0.5, 0.6) is 11.5 Å². The molecule has 0 bridgehead atoms. The quantitative estimate of drug-likeness (QED) is 0.375. The predicted molar refractivity (Wildman–Crippen MR) is 150 cm³/mol. The van der Waals surface area contributed by atoms with E-state index in [1.165, 1.54) is 18.9 Å². The molecule has 1 fully saturated rings. The fraction of sp³-hybridized carbons (Fsp3) is 0.207. The van der Waals surface area contributed by atoms with Crippen LogP contribution < -0.4 is 14.8 Å². The third kappa shape index (κ3) is 6.21. The smallest absolute Gasteiger partial charge is 0.266 e. The number of para-hydroxylation sites is 2. The van der Waals surface area contributed by atoms with Crippen LogP contribution in [0.1, 0.15) is 23.6 Å². The maximum atomic E-state index is 13.1. The van der Waals surface area contributed by atoms with Gasteiger partial charge in [-0.25, -0.2) is 4.99 Å². The van der Waals surface area contributed by atoms with Crippen LogP contribution >= 0.6 is 11.8 Å². The van der Waals surface area contributed by atoms with E-state index in [2.05, 4.69) is 5.32 Å². The molecule has 190 valence electrons. The van der Waals surface area contributed by atoms with E-state index in [0.717, 1.165) is 22.4 Å². The molecule has 3 aromatic rings. The van der Waals surface area contributed by atoms with E-state index >= 15 is 0 Å². The lowest BCUT2D eigenvalue weighted by molar-refractivity contribution is -0.122. The third-order valence-electron chi connectivity index (χ3n) is 5.75. The molecule has 1 aliphatic rings. The molecule has 1 aliphatic heterocycles. The number of amidine groups is 1. The van der Waals surface area contributed by atoms with Gasteiger partial charge >= 0.3 is 0 Å². The van der Waals surface area contributed by atoms with E-state index in [9.17, 15) is 9.59 Å². The fourth-order valence-electron chi connectivity index (χ4n) is 3.85. The highest BCUT2D eigenvalue weighted by Crippen LogP contribution is 2.36. The van der Waals surface area contributed by atoms with Gasteiger partial charge in [-0.3, -0.25) is 14.5 Å². The molecule has 3 aromatic carbocycles. The number of likely N-dealkylation sites (N-methyl/N-ethyl adjacent to an activating group) is 1. The van der Waals surface area contributed by atoms with Crippen LogP contribution in [0.4, 0.5) is 11.4 Å². The Kier molecular flexibility index (Phi) is 8.30. The lowest BCUT2D eigenvalue weighted by atomic mass is 10.1. The summed E-state index contributed by atoms with van der Waals surface area (Å²) in [5.74, 6) is 0.539. The number of carbonyl (C=O) groups excluding carboxylic acids is 2. The highest BCUT2D eigenvalue weighted by atomic mass is 32.2. The van der Waals surface area contributed by atoms with Gasteiger partial charge in [0.15, 0.2) is 23.3 Å². The summed E-state index contributed by atoms with van der Waals surface area (Å²) in [7, 11) is 1.53. The number of anilines is 1. The maximum absolute atomic E-state index is 13.1. The van der Waals surface area contributed by atoms with Gasteiger partial charge in [0.05, 0.1) is 17.7 Å². The Morgan fingerprint density at radius 1 is 1.03 bits per heavy atom. The second kappa shape index (κ2) is 11.8. The first-order valence-corrected chi connectivity index (χ1v) is 12.7. The van der Waals surface area contributed by atoms with E-state index in [0.29, 0.717) is 33.8 Å². The predicted octanol–water partition coefficient (Wildman–Crippen LogP) is 5.95. The number of rotatable bonds is 8. The highest BCUT2D eigenvalue weighted by molar-refractivity contribution is 8.18. The largest absolute Gasteiger partial charge is 0.493 e. The minimum absolute atomic E-state index is 0.0886. The summed E-state index contributed by atoms with van der Waals surface area (Å²) >= 11 is 1.35. The summed E-state index contributed by atoms with van der Waals surface area (Å²) in [5.41, 5.74) is 4.49. The van der Waals surface area contributed by atoms with Gasteiger partial charge in [0.25, 0.3) is 11.8 Å². The first-order valence-electron chi connectivity index (χ1n) is 11.9.